The van der Waals surface area contributed by atoms with E-state index in [4.69, 9.17) is 9.15 Å². The topological polar surface area (TPSA) is 65.2 Å². The van der Waals surface area contributed by atoms with Crippen molar-refractivity contribution in [3.8, 4) is 11.5 Å². The standard InChI is InChI=1S/C20H20N2O3/c1-14-8-11-17(12-9-14)20-22-21-19(25-20)15(2)24-18(23)13-10-16-6-4-3-5-7-16/h3-9,11-12,15H,10,13H2,1-2H3/t15-/m1/s1. The first kappa shape index (κ1) is 16.9. The molecule has 3 rings (SSSR count). The van der Waals surface area contributed by atoms with Crippen LogP contribution in [0, 0.1) is 6.92 Å². The lowest BCUT2D eigenvalue weighted by Gasteiger charge is -2.09. The third kappa shape index (κ3) is 4.53. The van der Waals surface area contributed by atoms with Gasteiger partial charge in [0.05, 0.1) is 0 Å². The van der Waals surface area contributed by atoms with Gasteiger partial charge in [0.2, 0.25) is 5.89 Å². The molecule has 2 aromatic carbocycles. The van der Waals surface area contributed by atoms with E-state index in [1.807, 2.05) is 61.5 Å². The van der Waals surface area contributed by atoms with Gasteiger partial charge in [-0.25, -0.2) is 0 Å². The summed E-state index contributed by atoms with van der Waals surface area (Å²) in [5, 5.41) is 8.02. The molecule has 0 aliphatic rings. The van der Waals surface area contributed by atoms with E-state index in [0.717, 1.165) is 16.7 Å². The molecule has 0 unspecified atom stereocenters. The first-order valence-corrected chi connectivity index (χ1v) is 8.25. The Balaban J connectivity index is 1.57. The Morgan fingerprint density at radius 3 is 2.52 bits per heavy atom. The number of carbonyl (C=O) groups excluding carboxylic acids is 1. The summed E-state index contributed by atoms with van der Waals surface area (Å²) in [4.78, 5) is 12.0. The average Bonchev–Trinajstić information content (AvgIpc) is 3.12. The molecule has 0 saturated carbocycles. The van der Waals surface area contributed by atoms with Gasteiger partial charge in [-0.1, -0.05) is 48.0 Å². The number of nitrogens with zero attached hydrogens (tertiary/aromatic N) is 2. The van der Waals surface area contributed by atoms with Crippen LogP contribution in [-0.4, -0.2) is 16.2 Å². The Morgan fingerprint density at radius 1 is 1.08 bits per heavy atom. The van der Waals surface area contributed by atoms with Gasteiger partial charge in [0.1, 0.15) is 0 Å². The average molecular weight is 336 g/mol. The maximum absolute atomic E-state index is 12.0. The highest BCUT2D eigenvalue weighted by atomic mass is 16.6. The number of carbonyl (C=O) groups is 1. The summed E-state index contributed by atoms with van der Waals surface area (Å²) in [5.41, 5.74) is 3.10. The maximum Gasteiger partial charge on any atom is 0.306 e. The molecule has 5 nitrogen and oxygen atoms in total. The van der Waals surface area contributed by atoms with Gasteiger partial charge in [-0.15, -0.1) is 10.2 Å². The van der Waals surface area contributed by atoms with E-state index in [0.29, 0.717) is 24.6 Å². The number of benzene rings is 2. The van der Waals surface area contributed by atoms with Gasteiger partial charge in [0.15, 0.2) is 6.10 Å². The smallest absolute Gasteiger partial charge is 0.306 e. The van der Waals surface area contributed by atoms with Crippen molar-refractivity contribution in [3.63, 3.8) is 0 Å². The van der Waals surface area contributed by atoms with Gasteiger partial charge in [-0.05, 0) is 38.0 Å². The van der Waals surface area contributed by atoms with Crippen LogP contribution in [0.15, 0.2) is 59.0 Å². The van der Waals surface area contributed by atoms with Crippen LogP contribution >= 0.6 is 0 Å². The van der Waals surface area contributed by atoms with Crippen LogP contribution in [0.3, 0.4) is 0 Å². The van der Waals surface area contributed by atoms with E-state index in [9.17, 15) is 4.79 Å². The van der Waals surface area contributed by atoms with Crippen molar-refractivity contribution >= 4 is 5.97 Å². The minimum atomic E-state index is -0.574. The quantitative estimate of drug-likeness (QED) is 0.629. The van der Waals surface area contributed by atoms with Crippen molar-refractivity contribution in [2.75, 3.05) is 0 Å². The van der Waals surface area contributed by atoms with E-state index < -0.39 is 6.10 Å². The molecule has 0 spiro atoms. The highest BCUT2D eigenvalue weighted by Crippen LogP contribution is 2.23. The first-order valence-electron chi connectivity index (χ1n) is 8.25. The van der Waals surface area contributed by atoms with E-state index in [1.165, 1.54) is 0 Å². The van der Waals surface area contributed by atoms with E-state index in [2.05, 4.69) is 10.2 Å². The zero-order chi connectivity index (χ0) is 17.6. The summed E-state index contributed by atoms with van der Waals surface area (Å²) in [7, 11) is 0. The normalized spacial score (nSPS) is 11.9. The van der Waals surface area contributed by atoms with Crippen LogP contribution in [0.5, 0.6) is 0 Å². The minimum absolute atomic E-state index is 0.286. The highest BCUT2D eigenvalue weighted by molar-refractivity contribution is 5.70. The summed E-state index contributed by atoms with van der Waals surface area (Å²) < 4.78 is 11.0. The number of rotatable bonds is 6. The van der Waals surface area contributed by atoms with Crippen LogP contribution in [0.4, 0.5) is 0 Å². The van der Waals surface area contributed by atoms with Gasteiger partial charge in [-0.2, -0.15) is 0 Å². The number of aromatic nitrogens is 2. The van der Waals surface area contributed by atoms with Gasteiger partial charge in [-0.3, -0.25) is 4.79 Å². The summed E-state index contributed by atoms with van der Waals surface area (Å²) in [6.07, 6.45) is 0.382. The molecular weight excluding hydrogens is 316 g/mol. The fraction of sp³-hybridized carbons (Fsp3) is 0.250. The zero-order valence-corrected chi connectivity index (χ0v) is 14.3. The Hall–Kier alpha value is -2.95. The zero-order valence-electron chi connectivity index (χ0n) is 14.3. The fourth-order valence-corrected chi connectivity index (χ4v) is 2.41. The number of hydrogen-bond donors (Lipinski definition) is 0. The largest absolute Gasteiger partial charge is 0.453 e. The van der Waals surface area contributed by atoms with Crippen molar-refractivity contribution in [1.29, 1.82) is 0 Å². The molecule has 0 aliphatic heterocycles. The van der Waals surface area contributed by atoms with E-state index in [-0.39, 0.29) is 5.97 Å². The van der Waals surface area contributed by atoms with Gasteiger partial charge >= 0.3 is 5.97 Å². The Kier molecular flexibility index (Phi) is 5.23. The number of hydrogen-bond acceptors (Lipinski definition) is 5. The summed E-state index contributed by atoms with van der Waals surface area (Å²) in [6, 6.07) is 17.6. The van der Waals surface area contributed by atoms with Crippen LogP contribution in [0.2, 0.25) is 0 Å². The lowest BCUT2D eigenvalue weighted by Crippen LogP contribution is -2.10. The van der Waals surface area contributed by atoms with Gasteiger partial charge in [0.25, 0.3) is 5.89 Å². The molecule has 1 aromatic heterocycles. The summed E-state index contributed by atoms with van der Waals surface area (Å²) in [5.74, 6) is 0.428. The molecule has 0 aliphatic carbocycles. The maximum atomic E-state index is 12.0. The van der Waals surface area contributed by atoms with Crippen LogP contribution in [-0.2, 0) is 16.0 Å². The van der Waals surface area contributed by atoms with Crippen molar-refractivity contribution in [2.45, 2.75) is 32.8 Å². The summed E-state index contributed by atoms with van der Waals surface area (Å²) >= 11 is 0. The second-order valence-corrected chi connectivity index (χ2v) is 5.93. The Bertz CT molecular complexity index is 826. The molecule has 0 N–H and O–H groups in total. The van der Waals surface area contributed by atoms with Crippen LogP contribution in [0.1, 0.15) is 36.5 Å². The lowest BCUT2D eigenvalue weighted by atomic mass is 10.1. The molecule has 0 amide bonds. The van der Waals surface area contributed by atoms with Crippen LogP contribution < -0.4 is 0 Å². The molecule has 0 bridgehead atoms. The Morgan fingerprint density at radius 2 is 1.80 bits per heavy atom. The van der Waals surface area contributed by atoms with Gasteiger partial charge in [0, 0.05) is 12.0 Å². The monoisotopic (exact) mass is 336 g/mol. The molecular formula is C20H20N2O3. The molecule has 3 aromatic rings. The van der Waals surface area contributed by atoms with Crippen molar-refractivity contribution in [2.24, 2.45) is 0 Å². The Labute approximate surface area is 146 Å². The van der Waals surface area contributed by atoms with Gasteiger partial charge < -0.3 is 9.15 Å². The molecule has 0 saturated heterocycles. The molecule has 0 radical (unpaired) electrons. The third-order valence-electron chi connectivity index (χ3n) is 3.86. The van der Waals surface area contributed by atoms with Crippen LogP contribution in [0.25, 0.3) is 11.5 Å². The molecule has 1 heterocycles. The van der Waals surface area contributed by atoms with Crippen molar-refractivity contribution < 1.29 is 13.9 Å². The predicted molar refractivity (Wildman–Crippen MR) is 93.7 cm³/mol. The lowest BCUT2D eigenvalue weighted by molar-refractivity contribution is -0.149. The predicted octanol–water partition coefficient (Wildman–Crippen LogP) is 4.28. The van der Waals surface area contributed by atoms with E-state index >= 15 is 0 Å². The summed E-state index contributed by atoms with van der Waals surface area (Å²) in [6.45, 7) is 3.74. The highest BCUT2D eigenvalue weighted by Gasteiger charge is 2.19. The second kappa shape index (κ2) is 7.75. The van der Waals surface area contributed by atoms with E-state index in [1.54, 1.807) is 6.92 Å². The minimum Gasteiger partial charge on any atom is -0.453 e. The number of aryl methyl sites for hydroxylation is 2. The van der Waals surface area contributed by atoms with Crippen molar-refractivity contribution in [3.05, 3.63) is 71.6 Å². The number of esters is 1. The third-order valence-corrected chi connectivity index (χ3v) is 3.86. The molecule has 25 heavy (non-hydrogen) atoms. The molecule has 0 fully saturated rings. The second-order valence-electron chi connectivity index (χ2n) is 5.93. The fourth-order valence-electron chi connectivity index (χ4n) is 2.41. The molecule has 5 heteroatoms. The molecule has 1 atom stereocenters. The van der Waals surface area contributed by atoms with Crippen molar-refractivity contribution in [1.82, 2.24) is 10.2 Å². The molecule has 128 valence electrons. The number of ether oxygens (including phenoxy) is 1. The SMILES string of the molecule is Cc1ccc(-c2nnc([C@@H](C)OC(=O)CCc3ccccc3)o2)cc1. The first-order chi connectivity index (χ1) is 12.1.